The summed E-state index contributed by atoms with van der Waals surface area (Å²) < 4.78 is 10.7. The van der Waals surface area contributed by atoms with E-state index in [9.17, 15) is 19.2 Å². The Labute approximate surface area is 162 Å². The average Bonchev–Trinajstić information content (AvgIpc) is 3.29. The van der Waals surface area contributed by atoms with Crippen LogP contribution in [0.15, 0.2) is 24.3 Å². The molecule has 1 aromatic rings. The number of urea groups is 1. The second-order valence-corrected chi connectivity index (χ2v) is 6.64. The molecule has 0 unspecified atom stereocenters. The largest absolute Gasteiger partial charge is 0.493 e. The second kappa shape index (κ2) is 8.73. The van der Waals surface area contributed by atoms with Crippen molar-refractivity contribution in [2.75, 3.05) is 26.8 Å². The number of ether oxygens (including phenoxy) is 2. The van der Waals surface area contributed by atoms with Crippen molar-refractivity contribution in [3.63, 3.8) is 0 Å². The number of imide groups is 2. The molecule has 0 aromatic heterocycles. The van der Waals surface area contributed by atoms with Gasteiger partial charge in [-0.05, 0) is 25.0 Å². The molecule has 150 valence electrons. The van der Waals surface area contributed by atoms with Crippen LogP contribution in [0.2, 0.25) is 0 Å². The van der Waals surface area contributed by atoms with Crippen LogP contribution in [0.1, 0.15) is 25.7 Å². The van der Waals surface area contributed by atoms with Crippen molar-refractivity contribution >= 4 is 23.8 Å². The van der Waals surface area contributed by atoms with Gasteiger partial charge in [-0.3, -0.25) is 19.3 Å². The van der Waals surface area contributed by atoms with E-state index in [4.69, 9.17) is 9.47 Å². The Hall–Kier alpha value is -3.10. The van der Waals surface area contributed by atoms with Gasteiger partial charge in [-0.15, -0.1) is 0 Å². The van der Waals surface area contributed by atoms with Crippen molar-refractivity contribution in [1.29, 1.82) is 0 Å². The molecule has 1 saturated carbocycles. The standard InChI is InChI=1S/C19H23N3O6/c1-27-14-8-4-5-9-15(14)28-11-10-20-16(23)12-21-17(24)18(25)22(19(21)26)13-6-2-3-7-13/h4-5,8-9,13H,2-3,6-7,10-12H2,1H3,(H,20,23). The number of para-hydroxylation sites is 2. The van der Waals surface area contributed by atoms with E-state index in [-0.39, 0.29) is 19.2 Å². The van der Waals surface area contributed by atoms with Crippen LogP contribution in [0.25, 0.3) is 0 Å². The SMILES string of the molecule is COc1ccccc1OCCNC(=O)CN1C(=O)C(=O)N(C2CCCC2)C1=O. The van der Waals surface area contributed by atoms with Gasteiger partial charge in [0, 0.05) is 6.04 Å². The minimum absolute atomic E-state index is 0.174. The Kier molecular flexibility index (Phi) is 6.13. The van der Waals surface area contributed by atoms with E-state index in [0.717, 1.165) is 17.7 Å². The van der Waals surface area contributed by atoms with Gasteiger partial charge in [0.25, 0.3) is 0 Å². The number of hydrogen-bond donors (Lipinski definition) is 1. The van der Waals surface area contributed by atoms with Crippen molar-refractivity contribution in [2.24, 2.45) is 0 Å². The number of nitrogens with zero attached hydrogens (tertiary/aromatic N) is 2. The van der Waals surface area contributed by atoms with Gasteiger partial charge >= 0.3 is 17.8 Å². The van der Waals surface area contributed by atoms with Crippen LogP contribution >= 0.6 is 0 Å². The Morgan fingerprint density at radius 2 is 1.79 bits per heavy atom. The Balaban J connectivity index is 1.47. The summed E-state index contributed by atoms with van der Waals surface area (Å²) >= 11 is 0. The maximum absolute atomic E-state index is 12.4. The molecule has 1 saturated heterocycles. The van der Waals surface area contributed by atoms with E-state index in [1.165, 1.54) is 7.11 Å². The van der Waals surface area contributed by atoms with Crippen LogP contribution in [-0.2, 0) is 14.4 Å². The molecule has 0 bridgehead atoms. The van der Waals surface area contributed by atoms with Gasteiger partial charge in [0.1, 0.15) is 13.2 Å². The van der Waals surface area contributed by atoms with Crippen LogP contribution in [0, 0.1) is 0 Å². The molecule has 1 aliphatic carbocycles. The molecule has 1 N–H and O–H groups in total. The number of hydrogen-bond acceptors (Lipinski definition) is 6. The van der Waals surface area contributed by atoms with Crippen LogP contribution < -0.4 is 14.8 Å². The maximum atomic E-state index is 12.4. The van der Waals surface area contributed by atoms with Crippen molar-refractivity contribution in [2.45, 2.75) is 31.7 Å². The van der Waals surface area contributed by atoms with Crippen LogP contribution in [0.5, 0.6) is 11.5 Å². The van der Waals surface area contributed by atoms with Crippen LogP contribution in [0.3, 0.4) is 0 Å². The summed E-state index contributed by atoms with van der Waals surface area (Å²) in [5.41, 5.74) is 0. The highest BCUT2D eigenvalue weighted by atomic mass is 16.5. The summed E-state index contributed by atoms with van der Waals surface area (Å²) in [6.07, 6.45) is 3.24. The van der Waals surface area contributed by atoms with Crippen molar-refractivity contribution in [1.82, 2.24) is 15.1 Å². The minimum atomic E-state index is -0.947. The first-order valence-electron chi connectivity index (χ1n) is 9.24. The summed E-state index contributed by atoms with van der Waals surface area (Å²) in [7, 11) is 1.53. The normalized spacial score (nSPS) is 17.4. The third-order valence-electron chi connectivity index (χ3n) is 4.83. The number of carbonyl (C=O) groups is 4. The first-order chi connectivity index (χ1) is 13.5. The number of nitrogens with one attached hydrogen (secondary N) is 1. The van der Waals surface area contributed by atoms with E-state index in [1.807, 2.05) is 6.07 Å². The number of carbonyl (C=O) groups excluding carboxylic acids is 4. The Morgan fingerprint density at radius 1 is 1.11 bits per heavy atom. The predicted molar refractivity (Wildman–Crippen MR) is 97.7 cm³/mol. The molecule has 1 aliphatic heterocycles. The fourth-order valence-corrected chi connectivity index (χ4v) is 3.44. The third kappa shape index (κ3) is 4.08. The van der Waals surface area contributed by atoms with Gasteiger partial charge < -0.3 is 14.8 Å². The molecular weight excluding hydrogens is 366 g/mol. The minimum Gasteiger partial charge on any atom is -0.493 e. The topological polar surface area (TPSA) is 105 Å². The van der Waals surface area contributed by atoms with E-state index in [1.54, 1.807) is 18.2 Å². The molecule has 0 spiro atoms. The molecule has 9 nitrogen and oxygen atoms in total. The monoisotopic (exact) mass is 389 g/mol. The highest BCUT2D eigenvalue weighted by Crippen LogP contribution is 2.27. The van der Waals surface area contributed by atoms with Crippen LogP contribution in [0.4, 0.5) is 4.79 Å². The lowest BCUT2D eigenvalue weighted by atomic mass is 10.2. The molecule has 28 heavy (non-hydrogen) atoms. The van der Waals surface area contributed by atoms with E-state index >= 15 is 0 Å². The highest BCUT2D eigenvalue weighted by molar-refractivity contribution is 6.45. The molecule has 5 amide bonds. The maximum Gasteiger partial charge on any atom is 0.334 e. The molecule has 1 heterocycles. The van der Waals surface area contributed by atoms with Gasteiger partial charge in [0.05, 0.1) is 13.7 Å². The summed E-state index contributed by atoms with van der Waals surface area (Å²) in [5, 5.41) is 2.58. The zero-order valence-electron chi connectivity index (χ0n) is 15.7. The number of methoxy groups -OCH3 is 1. The highest BCUT2D eigenvalue weighted by Gasteiger charge is 2.48. The molecule has 9 heteroatoms. The molecule has 2 fully saturated rings. The van der Waals surface area contributed by atoms with Crippen molar-refractivity contribution in [3.8, 4) is 11.5 Å². The Bertz CT molecular complexity index is 775. The predicted octanol–water partition coefficient (Wildman–Crippen LogP) is 0.924. The molecule has 2 aliphatic rings. The second-order valence-electron chi connectivity index (χ2n) is 6.64. The molecule has 0 radical (unpaired) electrons. The molecule has 3 rings (SSSR count). The fraction of sp³-hybridized carbons (Fsp3) is 0.474. The van der Waals surface area contributed by atoms with Gasteiger partial charge in [0.15, 0.2) is 11.5 Å². The van der Waals surface area contributed by atoms with Gasteiger partial charge in [-0.1, -0.05) is 25.0 Å². The van der Waals surface area contributed by atoms with Crippen molar-refractivity contribution in [3.05, 3.63) is 24.3 Å². The number of benzene rings is 1. The summed E-state index contributed by atoms with van der Waals surface area (Å²) in [6, 6.07) is 6.16. The van der Waals surface area contributed by atoms with Crippen LogP contribution in [-0.4, -0.2) is 66.4 Å². The molecule has 0 atom stereocenters. The smallest absolute Gasteiger partial charge is 0.334 e. The lowest BCUT2D eigenvalue weighted by molar-refractivity contribution is -0.144. The third-order valence-corrected chi connectivity index (χ3v) is 4.83. The van der Waals surface area contributed by atoms with Crippen molar-refractivity contribution < 1.29 is 28.7 Å². The lowest BCUT2D eigenvalue weighted by Crippen LogP contribution is -2.43. The molecule has 1 aromatic carbocycles. The van der Waals surface area contributed by atoms with E-state index in [2.05, 4.69) is 5.32 Å². The van der Waals surface area contributed by atoms with Gasteiger partial charge in [-0.2, -0.15) is 0 Å². The quantitative estimate of drug-likeness (QED) is 0.403. The number of amides is 5. The van der Waals surface area contributed by atoms with E-state index in [0.29, 0.717) is 29.2 Å². The fourth-order valence-electron chi connectivity index (χ4n) is 3.44. The molecular formula is C19H23N3O6. The van der Waals surface area contributed by atoms with E-state index < -0.39 is 30.3 Å². The average molecular weight is 389 g/mol. The van der Waals surface area contributed by atoms with Gasteiger partial charge in [0.2, 0.25) is 5.91 Å². The lowest BCUT2D eigenvalue weighted by Gasteiger charge is -2.20. The summed E-state index contributed by atoms with van der Waals surface area (Å²) in [6.45, 7) is -0.129. The Morgan fingerprint density at radius 3 is 2.46 bits per heavy atom. The first-order valence-corrected chi connectivity index (χ1v) is 9.24. The first kappa shape index (κ1) is 19.7. The zero-order valence-corrected chi connectivity index (χ0v) is 15.7. The number of rotatable bonds is 8. The zero-order chi connectivity index (χ0) is 20.1. The summed E-state index contributed by atoms with van der Waals surface area (Å²) in [4.78, 5) is 50.5. The summed E-state index contributed by atoms with van der Waals surface area (Å²) in [5.74, 6) is -1.21. The van der Waals surface area contributed by atoms with Gasteiger partial charge in [-0.25, -0.2) is 9.69 Å².